The van der Waals surface area contributed by atoms with Gasteiger partial charge in [-0.25, -0.2) is 8.42 Å². The Morgan fingerprint density at radius 1 is 1.24 bits per heavy atom. The fourth-order valence-corrected chi connectivity index (χ4v) is 4.13. The maximum atomic E-state index is 12.4. The van der Waals surface area contributed by atoms with Crippen LogP contribution < -0.4 is 4.31 Å². The van der Waals surface area contributed by atoms with Gasteiger partial charge in [0.05, 0.1) is 17.5 Å². The lowest BCUT2D eigenvalue weighted by atomic mass is 10.2. The highest BCUT2D eigenvalue weighted by Gasteiger charge is 2.23. The number of hydrogen-bond donors (Lipinski definition) is 1. The number of hydrogen-bond acceptors (Lipinski definition) is 5. The number of fused-ring (bicyclic) bond motifs is 1. The molecule has 0 fully saturated rings. The lowest BCUT2D eigenvalue weighted by molar-refractivity contribution is -0.116. The molecule has 1 heterocycles. The minimum atomic E-state index is -3.76. The quantitative estimate of drug-likeness (QED) is 0.614. The number of anilines is 1. The number of halogens is 1. The molecule has 152 valence electrons. The van der Waals surface area contributed by atoms with E-state index in [2.05, 4.69) is 10.2 Å². The summed E-state index contributed by atoms with van der Waals surface area (Å²) in [4.78, 5) is 12.4. The van der Waals surface area contributed by atoms with Gasteiger partial charge in [-0.2, -0.15) is 0 Å². The van der Waals surface area contributed by atoms with Crippen molar-refractivity contribution >= 4 is 49.8 Å². The number of aromatic hydroxyl groups is 1. The Labute approximate surface area is 173 Å². The van der Waals surface area contributed by atoms with Gasteiger partial charge in [-0.3, -0.25) is 9.10 Å². The van der Waals surface area contributed by atoms with Crippen LogP contribution in [0.5, 0.6) is 5.88 Å². The zero-order chi connectivity index (χ0) is 21.3. The van der Waals surface area contributed by atoms with Crippen molar-refractivity contribution in [2.75, 3.05) is 17.1 Å². The molecule has 0 bridgehead atoms. The third-order valence-electron chi connectivity index (χ3n) is 4.42. The smallest absolute Gasteiger partial charge is 0.285 e. The highest BCUT2D eigenvalue weighted by molar-refractivity contribution is 7.92. The van der Waals surface area contributed by atoms with Crippen molar-refractivity contribution in [1.82, 2.24) is 4.57 Å². The summed E-state index contributed by atoms with van der Waals surface area (Å²) in [6.45, 7) is 1.16. The van der Waals surface area contributed by atoms with E-state index >= 15 is 0 Å². The summed E-state index contributed by atoms with van der Waals surface area (Å²) >= 11 is 5.93. The number of carbonyl (C=O) groups excluding carboxylic acids is 1. The maximum Gasteiger partial charge on any atom is 0.285 e. The molecule has 0 aliphatic rings. The van der Waals surface area contributed by atoms with Gasteiger partial charge in [0, 0.05) is 17.5 Å². The zero-order valence-corrected chi connectivity index (χ0v) is 17.6. The summed E-state index contributed by atoms with van der Waals surface area (Å²) < 4.78 is 26.9. The molecular formula is C19H19ClN4O4S. The molecule has 2 aromatic carbocycles. The maximum absolute atomic E-state index is 12.4. The predicted octanol–water partition coefficient (Wildman–Crippen LogP) is 3.92. The lowest BCUT2D eigenvalue weighted by Crippen LogP contribution is -2.34. The molecule has 1 amide bonds. The number of rotatable bonds is 5. The Morgan fingerprint density at radius 2 is 1.93 bits per heavy atom. The van der Waals surface area contributed by atoms with Gasteiger partial charge in [0.15, 0.2) is 5.69 Å². The standard InChI is InChI=1S/C19H19ClN4O4S/c1-12-10-13(20)8-9-15(12)24(29(3,27)28)11-17(25)21-22-18-14-6-4-5-7-16(14)23(2)19(18)26/h4-10,26H,11H2,1-3H3. The number of sulfonamides is 1. The first-order chi connectivity index (χ1) is 13.6. The second-order valence-corrected chi connectivity index (χ2v) is 8.89. The van der Waals surface area contributed by atoms with Gasteiger partial charge < -0.3 is 9.67 Å². The fourth-order valence-electron chi connectivity index (χ4n) is 3.00. The molecule has 3 rings (SSSR count). The largest absolute Gasteiger partial charge is 0.493 e. The first kappa shape index (κ1) is 20.8. The Balaban J connectivity index is 1.91. The average molecular weight is 435 g/mol. The van der Waals surface area contributed by atoms with Gasteiger partial charge in [-0.05, 0) is 36.8 Å². The van der Waals surface area contributed by atoms with Crippen molar-refractivity contribution < 1.29 is 18.3 Å². The molecule has 0 atom stereocenters. The van der Waals surface area contributed by atoms with E-state index in [1.807, 2.05) is 6.07 Å². The summed E-state index contributed by atoms with van der Waals surface area (Å²) in [6.07, 6.45) is 1.00. The molecule has 0 unspecified atom stereocenters. The van der Waals surface area contributed by atoms with E-state index < -0.39 is 22.5 Å². The summed E-state index contributed by atoms with van der Waals surface area (Å²) in [5, 5.41) is 18.9. The number of aromatic nitrogens is 1. The highest BCUT2D eigenvalue weighted by atomic mass is 35.5. The molecule has 1 aromatic heterocycles. The second kappa shape index (κ2) is 7.84. The summed E-state index contributed by atoms with van der Waals surface area (Å²) in [7, 11) is -2.10. The molecule has 0 saturated carbocycles. The Hall–Kier alpha value is -2.91. The van der Waals surface area contributed by atoms with E-state index in [1.165, 1.54) is 10.6 Å². The monoisotopic (exact) mass is 434 g/mol. The van der Waals surface area contributed by atoms with E-state index in [0.29, 0.717) is 21.7 Å². The third kappa shape index (κ3) is 4.25. The first-order valence-electron chi connectivity index (χ1n) is 8.54. The van der Waals surface area contributed by atoms with Crippen LogP contribution in [-0.4, -0.2) is 36.8 Å². The summed E-state index contributed by atoms with van der Waals surface area (Å²) in [5.74, 6) is -0.923. The molecule has 3 aromatic rings. The SMILES string of the molecule is Cc1cc(Cl)ccc1N(CC(=O)N=Nc1c(O)n(C)c2ccccc12)S(C)(=O)=O. The topological polar surface area (TPSA) is 104 Å². The normalized spacial score (nSPS) is 12.0. The van der Waals surface area contributed by atoms with Crippen LogP contribution in [-0.2, 0) is 21.9 Å². The number of aryl methyl sites for hydroxylation is 2. The van der Waals surface area contributed by atoms with Gasteiger partial charge in [0.1, 0.15) is 6.54 Å². The van der Waals surface area contributed by atoms with Crippen molar-refractivity contribution in [3.63, 3.8) is 0 Å². The van der Waals surface area contributed by atoms with Crippen LogP contribution in [0, 0.1) is 6.92 Å². The van der Waals surface area contributed by atoms with Crippen LogP contribution in [0.2, 0.25) is 5.02 Å². The van der Waals surface area contributed by atoms with Crippen LogP contribution in [0.1, 0.15) is 5.56 Å². The van der Waals surface area contributed by atoms with E-state index in [9.17, 15) is 18.3 Å². The molecule has 8 nitrogen and oxygen atoms in total. The van der Waals surface area contributed by atoms with E-state index in [4.69, 9.17) is 11.6 Å². The average Bonchev–Trinajstić information content (AvgIpc) is 2.89. The van der Waals surface area contributed by atoms with Crippen molar-refractivity contribution in [1.29, 1.82) is 0 Å². The number of amides is 1. The first-order valence-corrected chi connectivity index (χ1v) is 10.8. The summed E-state index contributed by atoms with van der Waals surface area (Å²) in [5.41, 5.74) is 1.79. The van der Waals surface area contributed by atoms with Crippen LogP contribution in [0.15, 0.2) is 52.7 Å². The lowest BCUT2D eigenvalue weighted by Gasteiger charge is -2.22. The van der Waals surface area contributed by atoms with Gasteiger partial charge in [-0.15, -0.1) is 10.2 Å². The molecule has 0 aliphatic carbocycles. The predicted molar refractivity (Wildman–Crippen MR) is 112 cm³/mol. The molecule has 10 heteroatoms. The van der Waals surface area contributed by atoms with Gasteiger partial charge in [0.2, 0.25) is 15.9 Å². The van der Waals surface area contributed by atoms with Crippen LogP contribution in [0.4, 0.5) is 11.4 Å². The van der Waals surface area contributed by atoms with Gasteiger partial charge in [0.25, 0.3) is 5.91 Å². The molecule has 0 saturated heterocycles. The minimum Gasteiger partial charge on any atom is -0.493 e. The van der Waals surface area contributed by atoms with Crippen LogP contribution >= 0.6 is 11.6 Å². The van der Waals surface area contributed by atoms with Crippen molar-refractivity contribution in [2.45, 2.75) is 6.92 Å². The summed E-state index contributed by atoms with van der Waals surface area (Å²) in [6, 6.07) is 11.8. The van der Waals surface area contributed by atoms with E-state index in [1.54, 1.807) is 44.3 Å². The van der Waals surface area contributed by atoms with Crippen molar-refractivity contribution in [2.24, 2.45) is 17.3 Å². The zero-order valence-electron chi connectivity index (χ0n) is 16.0. The molecule has 1 N–H and O–H groups in total. The molecule has 29 heavy (non-hydrogen) atoms. The molecule has 0 radical (unpaired) electrons. The Kier molecular flexibility index (Phi) is 5.63. The van der Waals surface area contributed by atoms with E-state index in [0.717, 1.165) is 16.1 Å². The van der Waals surface area contributed by atoms with Crippen molar-refractivity contribution in [3.05, 3.63) is 53.1 Å². The molecular weight excluding hydrogens is 416 g/mol. The fraction of sp³-hybridized carbons (Fsp3) is 0.211. The number of para-hydroxylation sites is 1. The Bertz CT molecular complexity index is 1230. The number of nitrogens with zero attached hydrogens (tertiary/aromatic N) is 4. The van der Waals surface area contributed by atoms with Crippen LogP contribution in [0.3, 0.4) is 0 Å². The van der Waals surface area contributed by atoms with Crippen molar-refractivity contribution in [3.8, 4) is 5.88 Å². The minimum absolute atomic E-state index is 0.142. The van der Waals surface area contributed by atoms with E-state index in [-0.39, 0.29) is 11.6 Å². The molecule has 0 spiro atoms. The van der Waals surface area contributed by atoms with Gasteiger partial charge >= 0.3 is 0 Å². The van der Waals surface area contributed by atoms with Gasteiger partial charge in [-0.1, -0.05) is 29.8 Å². The Morgan fingerprint density at radius 3 is 2.59 bits per heavy atom. The third-order valence-corrected chi connectivity index (χ3v) is 5.78. The molecule has 0 aliphatic heterocycles. The number of benzene rings is 2. The highest BCUT2D eigenvalue weighted by Crippen LogP contribution is 2.37. The number of carbonyl (C=O) groups is 1. The number of azo groups is 1. The van der Waals surface area contributed by atoms with Crippen LogP contribution in [0.25, 0.3) is 10.9 Å². The second-order valence-electron chi connectivity index (χ2n) is 6.54.